The van der Waals surface area contributed by atoms with Crippen molar-refractivity contribution in [3.63, 3.8) is 0 Å². The molecule has 1 rings (SSSR count). The van der Waals surface area contributed by atoms with Crippen LogP contribution in [0.3, 0.4) is 0 Å². The number of hydrogen-bond acceptors (Lipinski definition) is 3. The molecule has 1 N–H and O–H groups in total. The van der Waals surface area contributed by atoms with Gasteiger partial charge in [-0.3, -0.25) is 0 Å². The van der Waals surface area contributed by atoms with Crippen molar-refractivity contribution in [2.75, 3.05) is 19.1 Å². The van der Waals surface area contributed by atoms with Gasteiger partial charge in [-0.25, -0.2) is 14.0 Å². The largest absolute Gasteiger partial charge is 0.452 e. The third-order valence-corrected chi connectivity index (χ3v) is 1.87. The molecule has 0 aliphatic heterocycles. The van der Waals surface area contributed by atoms with Crippen LogP contribution in [-0.4, -0.2) is 26.3 Å². The fourth-order valence-corrected chi connectivity index (χ4v) is 1.13. The van der Waals surface area contributed by atoms with Gasteiger partial charge in [0.25, 0.3) is 0 Å². The summed E-state index contributed by atoms with van der Waals surface area (Å²) in [4.78, 5) is 23.3. The Balaban J connectivity index is 3.16. The molecule has 86 valence electrons. The summed E-state index contributed by atoms with van der Waals surface area (Å²) in [5.41, 5.74) is -0.159. The van der Waals surface area contributed by atoms with E-state index in [4.69, 9.17) is 0 Å². The lowest BCUT2D eigenvalue weighted by molar-refractivity contribution is 0.178. The van der Waals surface area contributed by atoms with Gasteiger partial charge in [0.2, 0.25) is 0 Å². The van der Waals surface area contributed by atoms with E-state index < -0.39 is 17.9 Å². The molecule has 0 fully saturated rings. The van der Waals surface area contributed by atoms with E-state index in [-0.39, 0.29) is 5.69 Å². The molecule has 0 unspecified atom stereocenters. The van der Waals surface area contributed by atoms with Gasteiger partial charge < -0.3 is 10.1 Å². The number of carbonyl (C=O) groups excluding carboxylic acids is 2. The number of rotatable bonds is 1. The molecule has 6 heteroatoms. The van der Waals surface area contributed by atoms with E-state index in [0.717, 1.165) is 13.2 Å². The average Bonchev–Trinajstić information content (AvgIpc) is 2.31. The van der Waals surface area contributed by atoms with Crippen LogP contribution in [0.2, 0.25) is 0 Å². The van der Waals surface area contributed by atoms with Crippen molar-refractivity contribution in [2.45, 2.75) is 0 Å². The van der Waals surface area contributed by atoms with Gasteiger partial charge in [-0.2, -0.15) is 4.90 Å². The Bertz CT molecular complexity index is 393. The second kappa shape index (κ2) is 5.11. The number of nitrogens with zero attached hydrogens (tertiary/aromatic N) is 1. The summed E-state index contributed by atoms with van der Waals surface area (Å²) < 4.78 is 17.8. The molecule has 1 aromatic carbocycles. The van der Waals surface area contributed by atoms with Crippen molar-refractivity contribution < 1.29 is 18.7 Å². The normalized spacial score (nSPS) is 9.44. The number of nitrogens with one attached hydrogen (secondary N) is 1. The fraction of sp³-hybridized carbons (Fsp3) is 0.200. The van der Waals surface area contributed by atoms with Crippen LogP contribution in [0.5, 0.6) is 0 Å². The van der Waals surface area contributed by atoms with Gasteiger partial charge in [0.15, 0.2) is 0 Å². The first kappa shape index (κ1) is 12.0. The lowest BCUT2D eigenvalue weighted by Crippen LogP contribution is -2.43. The highest BCUT2D eigenvalue weighted by Gasteiger charge is 2.25. The summed E-state index contributed by atoms with van der Waals surface area (Å²) in [6.45, 7) is 0. The molecule has 16 heavy (non-hydrogen) atoms. The van der Waals surface area contributed by atoms with Crippen LogP contribution in [-0.2, 0) is 4.74 Å². The van der Waals surface area contributed by atoms with Crippen LogP contribution >= 0.6 is 0 Å². The Morgan fingerprint density at radius 2 is 2.00 bits per heavy atom. The molecule has 0 saturated heterocycles. The minimum absolute atomic E-state index is 0.159. The maximum atomic E-state index is 13.4. The number of ether oxygens (including phenoxy) is 1. The van der Waals surface area contributed by atoms with E-state index in [0.29, 0.717) is 4.90 Å². The number of imide groups is 1. The number of halogens is 1. The first-order valence-corrected chi connectivity index (χ1v) is 4.46. The molecule has 0 atom stereocenters. The number of anilines is 1. The topological polar surface area (TPSA) is 58.6 Å². The zero-order valence-corrected chi connectivity index (χ0v) is 8.86. The van der Waals surface area contributed by atoms with E-state index in [1.54, 1.807) is 0 Å². The summed E-state index contributed by atoms with van der Waals surface area (Å²) in [5.74, 6) is -0.684. The molecule has 0 spiro atoms. The lowest BCUT2D eigenvalue weighted by Gasteiger charge is -2.18. The molecule has 3 amide bonds. The number of hydrogen-bond donors (Lipinski definition) is 1. The zero-order chi connectivity index (χ0) is 12.1. The van der Waals surface area contributed by atoms with Crippen LogP contribution in [0.25, 0.3) is 0 Å². The molecule has 0 saturated carbocycles. The van der Waals surface area contributed by atoms with E-state index in [1.807, 2.05) is 0 Å². The maximum absolute atomic E-state index is 13.4. The smallest absolute Gasteiger partial charge is 0.422 e. The van der Waals surface area contributed by atoms with Gasteiger partial charge in [-0.1, -0.05) is 12.1 Å². The van der Waals surface area contributed by atoms with Crippen molar-refractivity contribution in [3.8, 4) is 0 Å². The highest BCUT2D eigenvalue weighted by Crippen LogP contribution is 2.19. The minimum Gasteiger partial charge on any atom is -0.452 e. The number of para-hydroxylation sites is 1. The molecule has 5 nitrogen and oxygen atoms in total. The average molecular weight is 226 g/mol. The molecule has 1 aromatic rings. The Kier molecular flexibility index (Phi) is 3.82. The van der Waals surface area contributed by atoms with Gasteiger partial charge in [-0.05, 0) is 12.1 Å². The zero-order valence-electron chi connectivity index (χ0n) is 8.86. The van der Waals surface area contributed by atoms with E-state index >= 15 is 0 Å². The van der Waals surface area contributed by atoms with Crippen molar-refractivity contribution in [3.05, 3.63) is 30.1 Å². The molecule has 0 aliphatic rings. The van der Waals surface area contributed by atoms with Gasteiger partial charge >= 0.3 is 12.1 Å². The maximum Gasteiger partial charge on any atom is 0.422 e. The summed E-state index contributed by atoms with van der Waals surface area (Å²) in [5, 5.41) is 2.23. The van der Waals surface area contributed by atoms with Gasteiger partial charge in [0, 0.05) is 7.05 Å². The number of methoxy groups -OCH3 is 1. The Hall–Kier alpha value is -2.11. The molecule has 0 aliphatic carbocycles. The summed E-state index contributed by atoms with van der Waals surface area (Å²) in [6.07, 6.45) is -0.954. The van der Waals surface area contributed by atoms with Crippen LogP contribution in [0.1, 0.15) is 0 Å². The second-order valence-corrected chi connectivity index (χ2v) is 2.81. The SMILES string of the molecule is CNC(=O)N(C(=O)OC)c1ccccc1F. The molecular weight excluding hydrogens is 215 g/mol. The van der Waals surface area contributed by atoms with Crippen molar-refractivity contribution in [1.82, 2.24) is 5.32 Å². The van der Waals surface area contributed by atoms with Gasteiger partial charge in [0.1, 0.15) is 5.82 Å². The predicted octanol–water partition coefficient (Wildman–Crippen LogP) is 1.74. The first-order valence-electron chi connectivity index (χ1n) is 4.46. The Morgan fingerprint density at radius 3 is 2.50 bits per heavy atom. The Labute approximate surface area is 91.8 Å². The Morgan fingerprint density at radius 1 is 1.38 bits per heavy atom. The highest BCUT2D eigenvalue weighted by atomic mass is 19.1. The van der Waals surface area contributed by atoms with Crippen molar-refractivity contribution in [2.24, 2.45) is 0 Å². The second-order valence-electron chi connectivity index (χ2n) is 2.81. The molecule has 0 bridgehead atoms. The molecular formula is C10H11FN2O3. The van der Waals surface area contributed by atoms with Crippen LogP contribution < -0.4 is 10.2 Å². The number of carbonyl (C=O) groups is 2. The van der Waals surface area contributed by atoms with E-state index in [2.05, 4.69) is 10.1 Å². The third-order valence-electron chi connectivity index (χ3n) is 1.87. The fourth-order valence-electron chi connectivity index (χ4n) is 1.13. The predicted molar refractivity (Wildman–Crippen MR) is 55.7 cm³/mol. The molecule has 0 aromatic heterocycles. The van der Waals surface area contributed by atoms with Crippen LogP contribution in [0, 0.1) is 5.82 Å². The monoisotopic (exact) mass is 226 g/mol. The number of amides is 3. The van der Waals surface area contributed by atoms with Gasteiger partial charge in [-0.15, -0.1) is 0 Å². The minimum atomic E-state index is -0.954. The van der Waals surface area contributed by atoms with Crippen LogP contribution in [0.4, 0.5) is 19.7 Å². The number of urea groups is 1. The van der Waals surface area contributed by atoms with Gasteiger partial charge in [0.05, 0.1) is 12.8 Å². The highest BCUT2D eigenvalue weighted by molar-refractivity contribution is 6.11. The summed E-state index contributed by atoms with van der Waals surface area (Å²) in [6, 6.07) is 4.66. The van der Waals surface area contributed by atoms with Crippen molar-refractivity contribution in [1.29, 1.82) is 0 Å². The van der Waals surface area contributed by atoms with E-state index in [1.165, 1.54) is 25.2 Å². The number of benzene rings is 1. The quantitative estimate of drug-likeness (QED) is 0.793. The van der Waals surface area contributed by atoms with Crippen LogP contribution in [0.15, 0.2) is 24.3 Å². The summed E-state index contributed by atoms with van der Waals surface area (Å²) in [7, 11) is 2.44. The lowest BCUT2D eigenvalue weighted by atomic mass is 10.3. The third kappa shape index (κ3) is 2.28. The first-order chi connectivity index (χ1) is 7.61. The van der Waals surface area contributed by atoms with E-state index in [9.17, 15) is 14.0 Å². The summed E-state index contributed by atoms with van der Waals surface area (Å²) >= 11 is 0. The molecule has 0 radical (unpaired) electrons. The molecule has 0 heterocycles. The van der Waals surface area contributed by atoms with Crippen molar-refractivity contribution >= 4 is 17.8 Å². The standard InChI is InChI=1S/C10H11FN2O3/c1-12-9(14)13(10(15)16-2)8-6-4-3-5-7(8)11/h3-6H,1-2H3,(H,12,14).